The monoisotopic (exact) mass is 413 g/mol. The van der Waals surface area contributed by atoms with E-state index in [1.807, 2.05) is 84.6 Å². The van der Waals surface area contributed by atoms with Crippen LogP contribution < -0.4 is 10.9 Å². The summed E-state index contributed by atoms with van der Waals surface area (Å²) in [5, 5.41) is 4.89. The van der Waals surface area contributed by atoms with E-state index in [0.29, 0.717) is 23.8 Å². The molecule has 0 aliphatic rings. The number of rotatable bonds is 5. The third-order valence-corrected chi connectivity index (χ3v) is 5.41. The topological polar surface area (TPSA) is 48.1 Å². The zero-order valence-corrected chi connectivity index (χ0v) is 17.6. The number of fused-ring (bicyclic) bond motifs is 1. The molecule has 0 saturated heterocycles. The Labute approximate surface area is 181 Å². The fraction of sp³-hybridized carbons (Fsp3) is 0.120. The second-order valence-corrected chi connectivity index (χ2v) is 7.69. The first kappa shape index (κ1) is 19.9. The van der Waals surface area contributed by atoms with Crippen LogP contribution in [-0.4, -0.2) is 15.0 Å². The molecule has 1 aromatic heterocycles. The Morgan fingerprint density at radius 3 is 2.37 bits per heavy atom. The van der Waals surface area contributed by atoms with Gasteiger partial charge in [-0.15, -0.1) is 0 Å². The van der Waals surface area contributed by atoms with Crippen LogP contribution in [0.25, 0.3) is 10.9 Å². The molecule has 0 amide bonds. The molecule has 2 N–H and O–H groups in total. The summed E-state index contributed by atoms with van der Waals surface area (Å²) in [5.74, 6) is 0. The van der Waals surface area contributed by atoms with Gasteiger partial charge in [-0.3, -0.25) is 4.79 Å². The number of pyridine rings is 1. The Kier molecular flexibility index (Phi) is 5.91. The third kappa shape index (κ3) is 4.58. The van der Waals surface area contributed by atoms with Crippen molar-refractivity contribution >= 4 is 33.9 Å². The van der Waals surface area contributed by atoms with Crippen molar-refractivity contribution in [2.45, 2.75) is 20.0 Å². The van der Waals surface area contributed by atoms with Gasteiger partial charge in [0.05, 0.1) is 12.1 Å². The number of aromatic amines is 1. The number of aryl methyl sites for hydroxylation is 1. The van der Waals surface area contributed by atoms with Crippen LogP contribution in [0.5, 0.6) is 0 Å². The van der Waals surface area contributed by atoms with Gasteiger partial charge >= 0.3 is 0 Å². The molecule has 0 fully saturated rings. The predicted molar refractivity (Wildman–Crippen MR) is 128 cm³/mol. The van der Waals surface area contributed by atoms with Gasteiger partial charge in [0.1, 0.15) is 0 Å². The van der Waals surface area contributed by atoms with Gasteiger partial charge in [0.2, 0.25) is 0 Å². The van der Waals surface area contributed by atoms with Crippen LogP contribution in [-0.2, 0) is 13.1 Å². The van der Waals surface area contributed by atoms with Gasteiger partial charge in [0, 0.05) is 17.8 Å². The van der Waals surface area contributed by atoms with E-state index in [1.165, 1.54) is 0 Å². The highest BCUT2D eigenvalue weighted by molar-refractivity contribution is 7.80. The van der Waals surface area contributed by atoms with Gasteiger partial charge < -0.3 is 15.2 Å². The van der Waals surface area contributed by atoms with Crippen molar-refractivity contribution < 1.29 is 0 Å². The van der Waals surface area contributed by atoms with Crippen LogP contribution >= 0.6 is 12.2 Å². The van der Waals surface area contributed by atoms with Gasteiger partial charge in [-0.1, -0.05) is 66.7 Å². The summed E-state index contributed by atoms with van der Waals surface area (Å²) in [7, 11) is 0. The number of hydrogen-bond donors (Lipinski definition) is 2. The lowest BCUT2D eigenvalue weighted by atomic mass is 10.1. The average Bonchev–Trinajstić information content (AvgIpc) is 2.76. The van der Waals surface area contributed by atoms with E-state index in [0.717, 1.165) is 27.7 Å². The van der Waals surface area contributed by atoms with Crippen LogP contribution in [0.1, 0.15) is 16.7 Å². The van der Waals surface area contributed by atoms with Crippen molar-refractivity contribution in [3.05, 3.63) is 112 Å². The Morgan fingerprint density at radius 2 is 1.63 bits per heavy atom. The molecular weight excluding hydrogens is 390 g/mol. The smallest absolute Gasteiger partial charge is 0.253 e. The lowest BCUT2D eigenvalue weighted by Gasteiger charge is -2.26. The van der Waals surface area contributed by atoms with E-state index in [9.17, 15) is 4.79 Å². The zero-order chi connectivity index (χ0) is 20.9. The number of para-hydroxylation sites is 2. The molecule has 0 radical (unpaired) electrons. The molecule has 4 aromatic rings. The zero-order valence-electron chi connectivity index (χ0n) is 16.8. The minimum absolute atomic E-state index is 0.0858. The first-order valence-electron chi connectivity index (χ1n) is 9.86. The molecule has 0 bridgehead atoms. The number of thiocarbonyl (C=S) groups is 1. The molecule has 0 aliphatic heterocycles. The maximum absolute atomic E-state index is 12.8. The van der Waals surface area contributed by atoms with Crippen molar-refractivity contribution in [1.82, 2.24) is 9.88 Å². The van der Waals surface area contributed by atoms with Crippen LogP contribution in [0.4, 0.5) is 5.69 Å². The number of hydrogen-bond acceptors (Lipinski definition) is 2. The Bertz CT molecular complexity index is 1220. The van der Waals surface area contributed by atoms with Crippen molar-refractivity contribution in [2.24, 2.45) is 0 Å². The number of anilines is 1. The number of nitrogens with zero attached hydrogens (tertiary/aromatic N) is 1. The summed E-state index contributed by atoms with van der Waals surface area (Å²) < 4.78 is 0. The minimum Gasteiger partial charge on any atom is -0.340 e. The highest BCUT2D eigenvalue weighted by Gasteiger charge is 2.14. The van der Waals surface area contributed by atoms with Gasteiger partial charge in [-0.05, 0) is 53.9 Å². The van der Waals surface area contributed by atoms with Gasteiger partial charge in [-0.25, -0.2) is 0 Å². The predicted octanol–water partition coefficient (Wildman–Crippen LogP) is 5.24. The lowest BCUT2D eigenvalue weighted by molar-refractivity contribution is 0.411. The van der Waals surface area contributed by atoms with Gasteiger partial charge in [-0.2, -0.15) is 0 Å². The first-order chi connectivity index (χ1) is 14.6. The maximum Gasteiger partial charge on any atom is 0.253 e. The SMILES string of the molecule is Cc1cccc2cc(CN(Cc3ccccc3)C(=S)Nc3ccccc3)c(=O)[nH]c12. The number of H-pyrrole nitrogens is 1. The standard InChI is InChI=1S/C25H23N3OS/c1-18-9-8-12-20-15-21(24(29)27-23(18)20)17-28(16-19-10-4-2-5-11-19)25(30)26-22-13-6-3-7-14-22/h2-15H,16-17H2,1H3,(H,26,30)(H,27,29). The van der Waals surface area contributed by atoms with Crippen molar-refractivity contribution in [2.75, 3.05) is 5.32 Å². The summed E-state index contributed by atoms with van der Waals surface area (Å²) in [4.78, 5) is 17.9. The Morgan fingerprint density at radius 1 is 0.933 bits per heavy atom. The summed E-state index contributed by atoms with van der Waals surface area (Å²) in [6.45, 7) is 3.01. The van der Waals surface area contributed by atoms with Gasteiger partial charge in [0.25, 0.3) is 5.56 Å². The quantitative estimate of drug-likeness (QED) is 0.440. The van der Waals surface area contributed by atoms with E-state index in [1.54, 1.807) is 0 Å². The molecule has 30 heavy (non-hydrogen) atoms. The molecule has 0 unspecified atom stereocenters. The van der Waals surface area contributed by atoms with Crippen molar-refractivity contribution in [1.29, 1.82) is 0 Å². The summed E-state index contributed by atoms with van der Waals surface area (Å²) in [6.07, 6.45) is 0. The third-order valence-electron chi connectivity index (χ3n) is 5.05. The van der Waals surface area contributed by atoms with Crippen molar-refractivity contribution in [3.8, 4) is 0 Å². The largest absolute Gasteiger partial charge is 0.340 e. The maximum atomic E-state index is 12.8. The van der Waals surface area contributed by atoms with E-state index in [-0.39, 0.29) is 5.56 Å². The Hall–Kier alpha value is -3.44. The number of aromatic nitrogens is 1. The summed E-state index contributed by atoms with van der Waals surface area (Å²) in [5.41, 5.74) is 4.58. The first-order valence-corrected chi connectivity index (χ1v) is 10.3. The molecule has 0 atom stereocenters. The second-order valence-electron chi connectivity index (χ2n) is 7.30. The molecule has 1 heterocycles. The van der Waals surface area contributed by atoms with Crippen LogP contribution in [0, 0.1) is 6.92 Å². The summed E-state index contributed by atoms with van der Waals surface area (Å²) >= 11 is 5.72. The van der Waals surface area contributed by atoms with E-state index < -0.39 is 0 Å². The number of nitrogens with one attached hydrogen (secondary N) is 2. The molecular formula is C25H23N3OS. The average molecular weight is 414 g/mol. The van der Waals surface area contributed by atoms with E-state index in [4.69, 9.17) is 12.2 Å². The van der Waals surface area contributed by atoms with E-state index in [2.05, 4.69) is 22.4 Å². The van der Waals surface area contributed by atoms with Crippen LogP contribution in [0.2, 0.25) is 0 Å². The minimum atomic E-state index is -0.0858. The van der Waals surface area contributed by atoms with Gasteiger partial charge in [0.15, 0.2) is 5.11 Å². The highest BCUT2D eigenvalue weighted by Crippen LogP contribution is 2.17. The molecule has 150 valence electrons. The second kappa shape index (κ2) is 8.93. The summed E-state index contributed by atoms with van der Waals surface area (Å²) in [6, 6.07) is 27.9. The normalized spacial score (nSPS) is 10.7. The fourth-order valence-electron chi connectivity index (χ4n) is 3.48. The molecule has 0 spiro atoms. The fourth-order valence-corrected chi connectivity index (χ4v) is 3.73. The number of benzene rings is 3. The lowest BCUT2D eigenvalue weighted by Crippen LogP contribution is -2.35. The molecule has 3 aromatic carbocycles. The Balaban J connectivity index is 1.65. The molecule has 0 aliphatic carbocycles. The molecule has 4 nitrogen and oxygen atoms in total. The molecule has 0 saturated carbocycles. The molecule has 4 rings (SSSR count). The van der Waals surface area contributed by atoms with E-state index >= 15 is 0 Å². The van der Waals surface area contributed by atoms with Crippen LogP contribution in [0.15, 0.2) is 89.7 Å². The van der Waals surface area contributed by atoms with Crippen molar-refractivity contribution in [3.63, 3.8) is 0 Å². The molecule has 5 heteroatoms. The highest BCUT2D eigenvalue weighted by atomic mass is 32.1. The van der Waals surface area contributed by atoms with Crippen LogP contribution in [0.3, 0.4) is 0 Å².